The topological polar surface area (TPSA) is 30.7 Å². The van der Waals surface area contributed by atoms with E-state index in [2.05, 4.69) is 126 Å². The lowest BCUT2D eigenvalue weighted by Gasteiger charge is -2.12. The van der Waals surface area contributed by atoms with Gasteiger partial charge in [0.05, 0.1) is 33.5 Å². The van der Waals surface area contributed by atoms with Crippen LogP contribution >= 0.6 is 11.3 Å². The number of hydrogen-bond acceptors (Lipinski definition) is 3. The molecule has 0 atom stereocenters. The summed E-state index contributed by atoms with van der Waals surface area (Å²) in [6.45, 7) is 0. The largest absolute Gasteiger partial charge is 0.309 e. The molecule has 0 radical (unpaired) electrons. The summed E-state index contributed by atoms with van der Waals surface area (Å²) in [7, 11) is 0. The number of fused-ring (bicyclic) bond motifs is 9. The highest BCUT2D eigenvalue weighted by Gasteiger charge is 2.18. The van der Waals surface area contributed by atoms with E-state index < -0.39 is 0 Å². The van der Waals surface area contributed by atoms with E-state index in [0.717, 1.165) is 39.2 Å². The van der Waals surface area contributed by atoms with Gasteiger partial charge in [0.2, 0.25) is 0 Å². The fourth-order valence-corrected chi connectivity index (χ4v) is 8.19. The van der Waals surface area contributed by atoms with Gasteiger partial charge in [0.25, 0.3) is 0 Å². The molecule has 214 valence electrons. The zero-order valence-electron chi connectivity index (χ0n) is 24.7. The van der Waals surface area contributed by atoms with Crippen LogP contribution in [-0.2, 0) is 0 Å². The standard InChI is InChI=1S/C42H25N3S/c1-2-11-27(12-3-1)41-42(44-35-16-8-7-15-34(35)43-41)28-18-21-29(22-19-28)45-36-17-9-6-14-31(36)32-24-33-39(25-37(32)45)46-38-23-20-26-10-4-5-13-30(26)40(33)38/h1-25H. The Morgan fingerprint density at radius 1 is 0.435 bits per heavy atom. The molecule has 0 saturated carbocycles. The number of para-hydroxylation sites is 3. The molecule has 0 saturated heterocycles. The second-order valence-corrected chi connectivity index (χ2v) is 12.9. The smallest absolute Gasteiger partial charge is 0.0973 e. The Morgan fingerprint density at radius 2 is 1.09 bits per heavy atom. The number of rotatable bonds is 3. The van der Waals surface area contributed by atoms with Crippen molar-refractivity contribution in [2.24, 2.45) is 0 Å². The van der Waals surface area contributed by atoms with Gasteiger partial charge in [-0.2, -0.15) is 0 Å². The zero-order valence-corrected chi connectivity index (χ0v) is 25.5. The summed E-state index contributed by atoms with van der Waals surface area (Å²) in [5, 5.41) is 7.81. The fraction of sp³-hybridized carbons (Fsp3) is 0. The first-order valence-electron chi connectivity index (χ1n) is 15.5. The molecular weight excluding hydrogens is 579 g/mol. The molecule has 10 aromatic rings. The van der Waals surface area contributed by atoms with Crippen molar-refractivity contribution in [3.05, 3.63) is 152 Å². The van der Waals surface area contributed by atoms with Crippen molar-refractivity contribution in [3.8, 4) is 28.2 Å². The minimum atomic E-state index is 0.887. The predicted octanol–water partition coefficient (Wildman–Crippen LogP) is 11.6. The van der Waals surface area contributed by atoms with Crippen molar-refractivity contribution in [3.63, 3.8) is 0 Å². The first kappa shape index (κ1) is 25.5. The van der Waals surface area contributed by atoms with E-state index in [-0.39, 0.29) is 0 Å². The summed E-state index contributed by atoms with van der Waals surface area (Å²) >= 11 is 1.88. The van der Waals surface area contributed by atoms with Crippen LogP contribution in [0.5, 0.6) is 0 Å². The van der Waals surface area contributed by atoms with Crippen molar-refractivity contribution in [1.29, 1.82) is 0 Å². The van der Waals surface area contributed by atoms with Crippen LogP contribution in [0.1, 0.15) is 0 Å². The van der Waals surface area contributed by atoms with Gasteiger partial charge in [0.15, 0.2) is 0 Å². The van der Waals surface area contributed by atoms with E-state index in [9.17, 15) is 0 Å². The van der Waals surface area contributed by atoms with Crippen LogP contribution < -0.4 is 0 Å². The monoisotopic (exact) mass is 603 g/mol. The summed E-state index contributed by atoms with van der Waals surface area (Å²) in [4.78, 5) is 10.2. The van der Waals surface area contributed by atoms with Crippen molar-refractivity contribution >= 4 is 75.1 Å². The van der Waals surface area contributed by atoms with Crippen molar-refractivity contribution in [2.75, 3.05) is 0 Å². The van der Waals surface area contributed by atoms with Gasteiger partial charge in [-0.25, -0.2) is 9.97 Å². The molecule has 0 aliphatic rings. The van der Waals surface area contributed by atoms with Gasteiger partial charge in [-0.3, -0.25) is 0 Å². The minimum absolute atomic E-state index is 0.887. The number of benzene rings is 7. The van der Waals surface area contributed by atoms with Gasteiger partial charge in [-0.05, 0) is 59.3 Å². The lowest BCUT2D eigenvalue weighted by atomic mass is 10.0. The van der Waals surface area contributed by atoms with E-state index in [1.54, 1.807) is 0 Å². The fourth-order valence-electron chi connectivity index (χ4n) is 7.05. The SMILES string of the molecule is c1ccc(-c2nc3ccccc3nc2-c2ccc(-n3c4ccccc4c4cc5c(cc43)sc3ccc4ccccc4c35)cc2)cc1. The molecule has 46 heavy (non-hydrogen) atoms. The maximum atomic E-state index is 5.12. The Labute approximate surface area is 268 Å². The summed E-state index contributed by atoms with van der Waals surface area (Å²) in [6, 6.07) is 54.0. The third-order valence-corrected chi connectivity index (χ3v) is 10.3. The Balaban J connectivity index is 1.18. The number of nitrogens with zero attached hydrogens (tertiary/aromatic N) is 3. The molecule has 0 amide bonds. The predicted molar refractivity (Wildman–Crippen MR) is 195 cm³/mol. The third-order valence-electron chi connectivity index (χ3n) is 9.17. The van der Waals surface area contributed by atoms with Crippen LogP contribution in [0.25, 0.3) is 92.0 Å². The second kappa shape index (κ2) is 9.83. The highest BCUT2D eigenvalue weighted by Crippen LogP contribution is 2.43. The van der Waals surface area contributed by atoms with Crippen LogP contribution in [0, 0.1) is 0 Å². The van der Waals surface area contributed by atoms with Crippen molar-refractivity contribution in [1.82, 2.24) is 14.5 Å². The van der Waals surface area contributed by atoms with Gasteiger partial charge in [-0.15, -0.1) is 11.3 Å². The summed E-state index contributed by atoms with van der Waals surface area (Å²) in [6.07, 6.45) is 0. The highest BCUT2D eigenvalue weighted by molar-refractivity contribution is 7.26. The quantitative estimate of drug-likeness (QED) is 0.201. The molecule has 3 heterocycles. The van der Waals surface area contributed by atoms with Crippen molar-refractivity contribution < 1.29 is 0 Å². The number of thiophene rings is 1. The molecule has 10 rings (SSSR count). The molecule has 4 heteroatoms. The summed E-state index contributed by atoms with van der Waals surface area (Å²) in [5.74, 6) is 0. The van der Waals surface area contributed by atoms with E-state index in [0.29, 0.717) is 0 Å². The van der Waals surface area contributed by atoms with E-state index >= 15 is 0 Å². The molecule has 0 unspecified atom stereocenters. The molecule has 0 N–H and O–H groups in total. The highest BCUT2D eigenvalue weighted by atomic mass is 32.1. The van der Waals surface area contributed by atoms with E-state index in [1.807, 2.05) is 41.7 Å². The maximum absolute atomic E-state index is 5.12. The molecular formula is C42H25N3S. The zero-order chi connectivity index (χ0) is 30.2. The molecule has 0 aliphatic heterocycles. The molecule has 3 nitrogen and oxygen atoms in total. The van der Waals surface area contributed by atoms with Crippen molar-refractivity contribution in [2.45, 2.75) is 0 Å². The van der Waals surface area contributed by atoms with Crippen LogP contribution in [-0.4, -0.2) is 14.5 Å². The molecule has 0 spiro atoms. The lowest BCUT2D eigenvalue weighted by molar-refractivity contribution is 1.18. The van der Waals surface area contributed by atoms with Crippen LogP contribution in [0.3, 0.4) is 0 Å². The van der Waals surface area contributed by atoms with E-state index in [4.69, 9.17) is 9.97 Å². The van der Waals surface area contributed by atoms with Gasteiger partial charge in [0, 0.05) is 47.8 Å². The lowest BCUT2D eigenvalue weighted by Crippen LogP contribution is -1.97. The molecule has 7 aromatic carbocycles. The number of aromatic nitrogens is 3. The maximum Gasteiger partial charge on any atom is 0.0973 e. The van der Waals surface area contributed by atoms with Gasteiger partial charge in [0.1, 0.15) is 0 Å². The number of hydrogen-bond donors (Lipinski definition) is 0. The minimum Gasteiger partial charge on any atom is -0.309 e. The van der Waals surface area contributed by atoms with Gasteiger partial charge in [-0.1, -0.05) is 103 Å². The molecule has 0 aliphatic carbocycles. The van der Waals surface area contributed by atoms with Crippen LogP contribution in [0.15, 0.2) is 152 Å². The average molecular weight is 604 g/mol. The second-order valence-electron chi connectivity index (χ2n) is 11.8. The Bertz CT molecular complexity index is 2790. The first-order chi connectivity index (χ1) is 22.8. The average Bonchev–Trinajstić information content (AvgIpc) is 3.65. The van der Waals surface area contributed by atoms with Crippen LogP contribution in [0.2, 0.25) is 0 Å². The summed E-state index contributed by atoms with van der Waals surface area (Å²) in [5.41, 5.74) is 9.21. The van der Waals surface area contributed by atoms with E-state index in [1.165, 1.54) is 52.8 Å². The molecule has 3 aromatic heterocycles. The molecule has 0 fully saturated rings. The van der Waals surface area contributed by atoms with Gasteiger partial charge >= 0.3 is 0 Å². The molecule has 0 bridgehead atoms. The Kier molecular flexibility index (Phi) is 5.45. The van der Waals surface area contributed by atoms with Crippen LogP contribution in [0.4, 0.5) is 0 Å². The normalized spacial score (nSPS) is 11.9. The van der Waals surface area contributed by atoms with Gasteiger partial charge < -0.3 is 4.57 Å². The Hall–Kier alpha value is -5.84. The summed E-state index contributed by atoms with van der Waals surface area (Å²) < 4.78 is 5.03. The third kappa shape index (κ3) is 3.77. The Morgan fingerprint density at radius 3 is 1.87 bits per heavy atom. The first-order valence-corrected chi connectivity index (χ1v) is 16.3.